The zero-order valence-electron chi connectivity index (χ0n) is 16.6. The van der Waals surface area contributed by atoms with Crippen LogP contribution in [0.1, 0.15) is 22.4 Å². The highest BCUT2D eigenvalue weighted by Gasteiger charge is 2.31. The molecule has 0 N–H and O–H groups in total. The van der Waals surface area contributed by atoms with Gasteiger partial charge >= 0.3 is 0 Å². The fourth-order valence-electron chi connectivity index (χ4n) is 4.16. The number of hydrogen-bond donors (Lipinski definition) is 0. The van der Waals surface area contributed by atoms with Gasteiger partial charge in [0.1, 0.15) is 5.65 Å². The van der Waals surface area contributed by atoms with Crippen LogP contribution in [0.3, 0.4) is 0 Å². The Morgan fingerprint density at radius 2 is 1.68 bits per heavy atom. The minimum atomic E-state index is -3.47. The quantitative estimate of drug-likeness (QED) is 0.678. The van der Waals surface area contributed by atoms with Crippen LogP contribution in [0.5, 0.6) is 0 Å². The molecule has 0 radical (unpaired) electrons. The number of imidazole rings is 1. The summed E-state index contributed by atoms with van der Waals surface area (Å²) >= 11 is 0. The molecule has 1 aliphatic heterocycles. The summed E-state index contributed by atoms with van der Waals surface area (Å²) in [5.74, 6) is 0. The van der Waals surface area contributed by atoms with Crippen LogP contribution in [0.15, 0.2) is 47.6 Å². The second-order valence-corrected chi connectivity index (χ2v) is 9.46. The molecular weight excluding hydrogens is 372 g/mol. The molecule has 0 bridgehead atoms. The van der Waals surface area contributed by atoms with Gasteiger partial charge in [-0.3, -0.25) is 4.90 Å². The van der Waals surface area contributed by atoms with E-state index in [9.17, 15) is 8.42 Å². The SMILES string of the molecule is Cc1cc(C)c(S(=O)(=O)N2CCN(Cc3cnc4ccccn34)CC2)c(C)c1. The van der Waals surface area contributed by atoms with Crippen molar-refractivity contribution in [1.82, 2.24) is 18.6 Å². The molecule has 1 fully saturated rings. The summed E-state index contributed by atoms with van der Waals surface area (Å²) < 4.78 is 30.2. The Labute approximate surface area is 166 Å². The van der Waals surface area contributed by atoms with Crippen LogP contribution in [0.2, 0.25) is 0 Å². The lowest BCUT2D eigenvalue weighted by Gasteiger charge is -2.34. The standard InChI is InChI=1S/C21H26N4O2S/c1-16-12-17(2)21(18(3)13-16)28(26,27)24-10-8-23(9-11-24)15-19-14-22-20-6-4-5-7-25(19)20/h4-7,12-14H,8-11,15H2,1-3H3. The number of piperazine rings is 1. The van der Waals surface area contributed by atoms with Crippen LogP contribution in [0.4, 0.5) is 0 Å². The van der Waals surface area contributed by atoms with Gasteiger partial charge in [0.15, 0.2) is 0 Å². The van der Waals surface area contributed by atoms with E-state index in [-0.39, 0.29) is 0 Å². The minimum Gasteiger partial charge on any atom is -0.303 e. The number of nitrogens with zero attached hydrogens (tertiary/aromatic N) is 4. The first-order valence-electron chi connectivity index (χ1n) is 9.57. The van der Waals surface area contributed by atoms with Crippen molar-refractivity contribution < 1.29 is 8.42 Å². The number of aromatic nitrogens is 2. The molecule has 0 spiro atoms. The summed E-state index contributed by atoms with van der Waals surface area (Å²) in [6.07, 6.45) is 3.92. The topological polar surface area (TPSA) is 57.9 Å². The van der Waals surface area contributed by atoms with Crippen LogP contribution in [0.25, 0.3) is 5.65 Å². The fraction of sp³-hybridized carbons (Fsp3) is 0.381. The second kappa shape index (κ2) is 7.31. The molecule has 2 aromatic heterocycles. The van der Waals surface area contributed by atoms with Crippen LogP contribution >= 0.6 is 0 Å². The first-order chi connectivity index (χ1) is 13.4. The molecule has 3 aromatic rings. The Kier molecular flexibility index (Phi) is 4.99. The van der Waals surface area contributed by atoms with E-state index in [1.54, 1.807) is 4.31 Å². The van der Waals surface area contributed by atoms with Gasteiger partial charge < -0.3 is 4.40 Å². The minimum absolute atomic E-state index is 0.466. The Hall–Kier alpha value is -2.22. The van der Waals surface area contributed by atoms with Crippen molar-refractivity contribution in [2.45, 2.75) is 32.2 Å². The molecule has 0 unspecified atom stereocenters. The number of benzene rings is 1. The molecule has 7 heteroatoms. The highest BCUT2D eigenvalue weighted by Crippen LogP contribution is 2.26. The summed E-state index contributed by atoms with van der Waals surface area (Å²) in [6.45, 7) is 8.96. The summed E-state index contributed by atoms with van der Waals surface area (Å²) in [4.78, 5) is 7.19. The Bertz CT molecular complexity index is 1090. The van der Waals surface area contributed by atoms with Crippen molar-refractivity contribution in [3.63, 3.8) is 0 Å². The summed E-state index contributed by atoms with van der Waals surface area (Å²) in [5, 5.41) is 0. The predicted molar refractivity (Wildman–Crippen MR) is 110 cm³/mol. The van der Waals surface area contributed by atoms with E-state index in [0.717, 1.165) is 34.6 Å². The Morgan fingerprint density at radius 1 is 1.00 bits per heavy atom. The van der Waals surface area contributed by atoms with Crippen LogP contribution in [-0.2, 0) is 16.6 Å². The van der Waals surface area contributed by atoms with Crippen molar-refractivity contribution in [1.29, 1.82) is 0 Å². The third-order valence-electron chi connectivity index (χ3n) is 5.41. The maximum absolute atomic E-state index is 13.2. The molecule has 1 aliphatic rings. The lowest BCUT2D eigenvalue weighted by molar-refractivity contribution is 0.179. The molecule has 0 aliphatic carbocycles. The molecule has 0 atom stereocenters. The zero-order chi connectivity index (χ0) is 19.9. The van der Waals surface area contributed by atoms with E-state index >= 15 is 0 Å². The third kappa shape index (κ3) is 3.45. The van der Waals surface area contributed by atoms with Gasteiger partial charge in [0.25, 0.3) is 0 Å². The van der Waals surface area contributed by atoms with Gasteiger partial charge in [0, 0.05) is 38.9 Å². The molecule has 4 rings (SSSR count). The highest BCUT2D eigenvalue weighted by atomic mass is 32.2. The van der Waals surface area contributed by atoms with Crippen LogP contribution < -0.4 is 0 Å². The average Bonchev–Trinajstić information content (AvgIpc) is 3.04. The van der Waals surface area contributed by atoms with Gasteiger partial charge in [-0.15, -0.1) is 0 Å². The lowest BCUT2D eigenvalue weighted by Crippen LogP contribution is -2.48. The number of rotatable bonds is 4. The molecule has 3 heterocycles. The normalized spacial score (nSPS) is 16.7. The smallest absolute Gasteiger partial charge is 0.243 e. The first-order valence-corrected chi connectivity index (χ1v) is 11.0. The van der Waals surface area contributed by atoms with Crippen molar-refractivity contribution in [2.24, 2.45) is 0 Å². The maximum atomic E-state index is 13.2. The average molecular weight is 399 g/mol. The maximum Gasteiger partial charge on any atom is 0.243 e. The lowest BCUT2D eigenvalue weighted by atomic mass is 10.1. The van der Waals surface area contributed by atoms with Crippen molar-refractivity contribution in [3.8, 4) is 0 Å². The number of aryl methyl sites for hydroxylation is 3. The molecule has 0 amide bonds. The van der Waals surface area contributed by atoms with E-state index in [1.165, 1.54) is 0 Å². The van der Waals surface area contributed by atoms with Gasteiger partial charge in [0.05, 0.1) is 16.8 Å². The van der Waals surface area contributed by atoms with Gasteiger partial charge in [-0.1, -0.05) is 23.8 Å². The number of sulfonamides is 1. The monoisotopic (exact) mass is 398 g/mol. The van der Waals surface area contributed by atoms with Gasteiger partial charge in [-0.25, -0.2) is 13.4 Å². The van der Waals surface area contributed by atoms with Gasteiger partial charge in [-0.2, -0.15) is 4.31 Å². The predicted octanol–water partition coefficient (Wildman–Crippen LogP) is 2.77. The van der Waals surface area contributed by atoms with E-state index < -0.39 is 10.0 Å². The Balaban J connectivity index is 1.48. The van der Waals surface area contributed by atoms with Crippen LogP contribution in [-0.4, -0.2) is 53.2 Å². The highest BCUT2D eigenvalue weighted by molar-refractivity contribution is 7.89. The van der Waals surface area contributed by atoms with E-state index in [1.807, 2.05) is 63.5 Å². The molecular formula is C21H26N4O2S. The molecule has 1 aromatic carbocycles. The van der Waals surface area contributed by atoms with Crippen molar-refractivity contribution in [3.05, 3.63) is 65.1 Å². The molecule has 0 saturated carbocycles. The van der Waals surface area contributed by atoms with Crippen molar-refractivity contribution >= 4 is 15.7 Å². The van der Waals surface area contributed by atoms with Crippen molar-refractivity contribution in [2.75, 3.05) is 26.2 Å². The number of pyridine rings is 1. The first kappa shape index (κ1) is 19.1. The second-order valence-electron chi connectivity index (χ2n) is 7.59. The number of hydrogen-bond acceptors (Lipinski definition) is 4. The van der Waals surface area contributed by atoms with E-state index in [0.29, 0.717) is 31.1 Å². The summed E-state index contributed by atoms with van der Waals surface area (Å²) in [5.41, 5.74) is 4.80. The van der Waals surface area contributed by atoms with E-state index in [2.05, 4.69) is 14.3 Å². The Morgan fingerprint density at radius 3 is 2.36 bits per heavy atom. The zero-order valence-corrected chi connectivity index (χ0v) is 17.4. The molecule has 28 heavy (non-hydrogen) atoms. The third-order valence-corrected chi connectivity index (χ3v) is 7.62. The van der Waals surface area contributed by atoms with E-state index in [4.69, 9.17) is 0 Å². The fourth-order valence-corrected chi connectivity index (χ4v) is 6.00. The summed E-state index contributed by atoms with van der Waals surface area (Å²) in [7, 11) is -3.47. The summed E-state index contributed by atoms with van der Waals surface area (Å²) in [6, 6.07) is 9.85. The largest absolute Gasteiger partial charge is 0.303 e. The van der Waals surface area contributed by atoms with Gasteiger partial charge in [0.2, 0.25) is 10.0 Å². The van der Waals surface area contributed by atoms with Crippen LogP contribution in [0, 0.1) is 20.8 Å². The van der Waals surface area contributed by atoms with Gasteiger partial charge in [-0.05, 0) is 44.0 Å². The molecule has 6 nitrogen and oxygen atoms in total. The molecule has 1 saturated heterocycles. The number of fused-ring (bicyclic) bond motifs is 1. The molecule has 148 valence electrons.